The van der Waals surface area contributed by atoms with Crippen LogP contribution in [-0.4, -0.2) is 25.4 Å². The van der Waals surface area contributed by atoms with E-state index in [1.165, 1.54) is 16.1 Å². The fourth-order valence-corrected chi connectivity index (χ4v) is 2.61. The number of nitrogens with one attached hydrogen (secondary N) is 1. The molecule has 0 saturated carbocycles. The number of hydrogen-bond donors (Lipinski definition) is 3. The molecule has 0 amide bonds. The molecule has 0 aliphatic rings. The Morgan fingerprint density at radius 1 is 1.11 bits per heavy atom. The van der Waals surface area contributed by atoms with Crippen molar-refractivity contribution in [3.8, 4) is 0 Å². The first-order chi connectivity index (χ1) is 13.4. The van der Waals surface area contributed by atoms with Crippen molar-refractivity contribution in [1.29, 1.82) is 0 Å². The van der Waals surface area contributed by atoms with Gasteiger partial charge in [0.15, 0.2) is 5.84 Å². The number of amidine groups is 1. The molecule has 6 heteroatoms. The number of nitrogens with two attached hydrogens (primary N) is 2. The Labute approximate surface area is 167 Å². The van der Waals surface area contributed by atoms with Crippen LogP contribution in [0.5, 0.6) is 0 Å². The zero-order valence-corrected chi connectivity index (χ0v) is 16.9. The summed E-state index contributed by atoms with van der Waals surface area (Å²) in [4.78, 5) is 8.85. The molecule has 0 aliphatic heterocycles. The first-order valence-corrected chi connectivity index (χ1v) is 9.33. The van der Waals surface area contributed by atoms with Crippen LogP contribution in [0, 0.1) is 6.92 Å². The molecule has 0 atom stereocenters. The van der Waals surface area contributed by atoms with Crippen LogP contribution in [0.3, 0.4) is 0 Å². The van der Waals surface area contributed by atoms with E-state index in [0.717, 1.165) is 29.8 Å². The molecular weight excluding hydrogens is 348 g/mol. The largest absolute Gasteiger partial charge is 0.330 e. The molecule has 6 nitrogen and oxygen atoms in total. The highest BCUT2D eigenvalue weighted by atomic mass is 15.4. The van der Waals surface area contributed by atoms with Gasteiger partial charge in [0.25, 0.3) is 0 Å². The van der Waals surface area contributed by atoms with E-state index in [0.29, 0.717) is 18.3 Å². The zero-order chi connectivity index (χ0) is 20.5. The zero-order valence-electron chi connectivity index (χ0n) is 16.9. The molecule has 2 rings (SSSR count). The van der Waals surface area contributed by atoms with Crippen molar-refractivity contribution in [2.75, 3.05) is 23.9 Å². The van der Waals surface area contributed by atoms with Gasteiger partial charge in [0.05, 0.1) is 5.69 Å². The summed E-state index contributed by atoms with van der Waals surface area (Å²) < 4.78 is 0. The van der Waals surface area contributed by atoms with E-state index in [2.05, 4.69) is 34.0 Å². The predicted octanol–water partition coefficient (Wildman–Crippen LogP) is 3.64. The van der Waals surface area contributed by atoms with Crippen molar-refractivity contribution in [2.24, 2.45) is 21.6 Å². The second-order valence-electron chi connectivity index (χ2n) is 6.68. The van der Waals surface area contributed by atoms with Crippen LogP contribution >= 0.6 is 0 Å². The molecule has 0 unspecified atom stereocenters. The number of guanidine groups is 1. The number of hydrazine groups is 1. The summed E-state index contributed by atoms with van der Waals surface area (Å²) in [5.41, 5.74) is 10.5. The molecule has 0 bridgehead atoms. The number of rotatable bonds is 6. The molecule has 2 aromatic rings. The van der Waals surface area contributed by atoms with Crippen LogP contribution in [0.2, 0.25) is 0 Å². The molecule has 0 fully saturated rings. The average molecular weight is 379 g/mol. The number of benzene rings is 2. The molecule has 5 N–H and O–H groups in total. The minimum Gasteiger partial charge on any atom is -0.330 e. The van der Waals surface area contributed by atoms with Crippen molar-refractivity contribution in [3.63, 3.8) is 0 Å². The van der Waals surface area contributed by atoms with E-state index in [1.54, 1.807) is 7.05 Å². The quantitative estimate of drug-likeness (QED) is 0.310. The minimum absolute atomic E-state index is 0.454. The Bertz CT molecular complexity index is 834. The van der Waals surface area contributed by atoms with Crippen LogP contribution < -0.4 is 21.9 Å². The van der Waals surface area contributed by atoms with Gasteiger partial charge in [-0.05, 0) is 68.6 Å². The van der Waals surface area contributed by atoms with E-state index < -0.39 is 0 Å². The van der Waals surface area contributed by atoms with E-state index in [1.807, 2.05) is 50.2 Å². The van der Waals surface area contributed by atoms with Gasteiger partial charge in [-0.25, -0.2) is 5.84 Å². The molecule has 0 radical (unpaired) electrons. The maximum absolute atomic E-state index is 6.30. The highest BCUT2D eigenvalue weighted by molar-refractivity contribution is 6.14. The van der Waals surface area contributed by atoms with Crippen LogP contribution in [0.15, 0.2) is 70.7 Å². The lowest BCUT2D eigenvalue weighted by molar-refractivity contribution is 0.833. The maximum atomic E-state index is 6.30. The van der Waals surface area contributed by atoms with Crippen molar-refractivity contribution in [3.05, 3.63) is 71.8 Å². The highest BCUT2D eigenvalue weighted by Crippen LogP contribution is 2.16. The number of aryl methyl sites for hydroxylation is 2. The van der Waals surface area contributed by atoms with Crippen LogP contribution in [0.4, 0.5) is 11.4 Å². The fourth-order valence-electron chi connectivity index (χ4n) is 2.61. The first-order valence-electron chi connectivity index (χ1n) is 9.33. The van der Waals surface area contributed by atoms with Crippen LogP contribution in [0.25, 0.3) is 0 Å². The molecule has 0 saturated heterocycles. The third-order valence-corrected chi connectivity index (χ3v) is 4.23. The molecule has 0 aromatic heterocycles. The summed E-state index contributed by atoms with van der Waals surface area (Å²) in [6, 6.07) is 16.1. The highest BCUT2D eigenvalue weighted by Gasteiger charge is 2.12. The second-order valence-corrected chi connectivity index (χ2v) is 6.68. The van der Waals surface area contributed by atoms with Gasteiger partial charge < -0.3 is 11.1 Å². The maximum Gasteiger partial charge on any atom is 0.224 e. The molecule has 0 aliphatic carbocycles. The average Bonchev–Trinajstić information content (AvgIpc) is 2.70. The molecule has 148 valence electrons. The van der Waals surface area contributed by atoms with E-state index in [-0.39, 0.29) is 0 Å². The van der Waals surface area contributed by atoms with E-state index >= 15 is 0 Å². The Hall–Kier alpha value is -2.96. The molecular formula is C22H30N6. The summed E-state index contributed by atoms with van der Waals surface area (Å²) in [6.07, 6.45) is 1.95. The topological polar surface area (TPSA) is 92.0 Å². The van der Waals surface area contributed by atoms with Gasteiger partial charge in [-0.1, -0.05) is 36.4 Å². The van der Waals surface area contributed by atoms with Gasteiger partial charge in [-0.3, -0.25) is 10.0 Å². The van der Waals surface area contributed by atoms with Gasteiger partial charge in [-0.2, -0.15) is 4.99 Å². The number of anilines is 2. The predicted molar refractivity (Wildman–Crippen MR) is 121 cm³/mol. The second kappa shape index (κ2) is 10.4. The van der Waals surface area contributed by atoms with Gasteiger partial charge in [0.1, 0.15) is 0 Å². The lowest BCUT2D eigenvalue weighted by atomic mass is 10.1. The SMILES string of the molecule is C=C(C)/C(=N\C(=NC)Nc1ccc(CCCN)cc1)N(N)c1ccc(C)cc1. The van der Waals surface area contributed by atoms with E-state index in [4.69, 9.17) is 11.6 Å². The molecule has 28 heavy (non-hydrogen) atoms. The Kier molecular flexibility index (Phi) is 7.92. The van der Waals surface area contributed by atoms with Gasteiger partial charge >= 0.3 is 0 Å². The third kappa shape index (κ3) is 6.04. The standard InChI is InChI=1S/C22H30N6/c1-16(2)21(28(24)20-13-7-17(3)8-14-20)27-22(25-4)26-19-11-9-18(10-12-19)6-5-15-23/h7-14H,1,5-6,15,23-24H2,2-4H3,(H,25,26)/b27-21+. The van der Waals surface area contributed by atoms with Crippen molar-refractivity contribution in [1.82, 2.24) is 0 Å². The minimum atomic E-state index is 0.454. The Morgan fingerprint density at radius 2 is 1.75 bits per heavy atom. The molecule has 0 spiro atoms. The van der Waals surface area contributed by atoms with Gasteiger partial charge in [0, 0.05) is 12.7 Å². The fraction of sp³-hybridized carbons (Fsp3) is 0.273. The van der Waals surface area contributed by atoms with Gasteiger partial charge in [-0.15, -0.1) is 0 Å². The van der Waals surface area contributed by atoms with Crippen molar-refractivity contribution in [2.45, 2.75) is 26.7 Å². The normalized spacial score (nSPS) is 12.0. The van der Waals surface area contributed by atoms with E-state index in [9.17, 15) is 0 Å². The third-order valence-electron chi connectivity index (χ3n) is 4.23. The summed E-state index contributed by atoms with van der Waals surface area (Å²) in [5.74, 6) is 7.29. The molecule has 2 aromatic carbocycles. The number of nitrogens with zero attached hydrogens (tertiary/aromatic N) is 3. The number of hydrogen-bond acceptors (Lipinski definition) is 3. The molecule has 0 heterocycles. The summed E-state index contributed by atoms with van der Waals surface area (Å²) in [6.45, 7) is 8.61. The van der Waals surface area contributed by atoms with Crippen molar-refractivity contribution >= 4 is 23.2 Å². The first kappa shape index (κ1) is 21.3. The summed E-state index contributed by atoms with van der Waals surface area (Å²) in [5, 5.41) is 4.75. The monoisotopic (exact) mass is 378 g/mol. The summed E-state index contributed by atoms with van der Waals surface area (Å²) in [7, 11) is 1.68. The Balaban J connectivity index is 2.19. The Morgan fingerprint density at radius 3 is 2.29 bits per heavy atom. The lowest BCUT2D eigenvalue weighted by Gasteiger charge is -2.21. The summed E-state index contributed by atoms with van der Waals surface area (Å²) >= 11 is 0. The number of aliphatic imine (C=N–C) groups is 2. The van der Waals surface area contributed by atoms with Crippen LogP contribution in [-0.2, 0) is 6.42 Å². The lowest BCUT2D eigenvalue weighted by Crippen LogP contribution is -2.39. The van der Waals surface area contributed by atoms with Crippen LogP contribution in [0.1, 0.15) is 24.5 Å². The van der Waals surface area contributed by atoms with Crippen molar-refractivity contribution < 1.29 is 0 Å². The van der Waals surface area contributed by atoms with Gasteiger partial charge in [0.2, 0.25) is 5.96 Å². The smallest absolute Gasteiger partial charge is 0.224 e.